The second kappa shape index (κ2) is 10.4. The number of piperidine rings is 1. The minimum atomic E-state index is -5.03. The molecule has 2 aromatic rings. The Hall–Kier alpha value is -3.24. The molecule has 36 heavy (non-hydrogen) atoms. The van der Waals surface area contributed by atoms with Gasteiger partial charge in [0.15, 0.2) is 0 Å². The standard InChI is InChI=1S/C23H21F6N3O2.C2H6/c24-22(25,26)17-10-16(11-18(12-17)23(27,28)29)19(33)31-8-6-21(7-9-31)14-30-20(34)32(21)13-15-4-2-1-3-5-15;1-2/h1-5,10-12H,6-9,13-14H2,(H,30,34);1-2H3. The monoisotopic (exact) mass is 515 g/mol. The Balaban J connectivity index is 0.00000176. The van der Waals surface area contributed by atoms with Crippen LogP contribution in [-0.4, -0.2) is 46.9 Å². The van der Waals surface area contributed by atoms with Gasteiger partial charge in [-0.25, -0.2) is 4.79 Å². The van der Waals surface area contributed by atoms with Gasteiger partial charge < -0.3 is 15.1 Å². The van der Waals surface area contributed by atoms with Crippen molar-refractivity contribution in [3.8, 4) is 0 Å². The summed E-state index contributed by atoms with van der Waals surface area (Å²) in [7, 11) is 0. The number of halogens is 6. The molecule has 0 aliphatic carbocycles. The van der Waals surface area contributed by atoms with E-state index >= 15 is 0 Å². The number of nitrogens with zero attached hydrogens (tertiary/aromatic N) is 2. The number of hydrogen-bond donors (Lipinski definition) is 1. The van der Waals surface area contributed by atoms with E-state index in [9.17, 15) is 35.9 Å². The van der Waals surface area contributed by atoms with Crippen LogP contribution in [0.15, 0.2) is 48.5 Å². The van der Waals surface area contributed by atoms with Crippen molar-refractivity contribution in [1.82, 2.24) is 15.1 Å². The maximum absolute atomic E-state index is 13.2. The highest BCUT2D eigenvalue weighted by atomic mass is 19.4. The molecule has 4 rings (SSSR count). The molecular formula is C25H27F6N3O2. The summed E-state index contributed by atoms with van der Waals surface area (Å²) >= 11 is 0. The normalized spacial score (nSPS) is 17.5. The third kappa shape index (κ3) is 5.76. The lowest BCUT2D eigenvalue weighted by atomic mass is 9.86. The van der Waals surface area contributed by atoms with Crippen LogP contribution in [-0.2, 0) is 18.9 Å². The van der Waals surface area contributed by atoms with Crippen LogP contribution in [0.4, 0.5) is 31.1 Å². The van der Waals surface area contributed by atoms with Gasteiger partial charge in [-0.15, -0.1) is 0 Å². The summed E-state index contributed by atoms with van der Waals surface area (Å²) in [6, 6.07) is 9.95. The Bertz CT molecular complexity index is 1050. The highest BCUT2D eigenvalue weighted by Gasteiger charge is 2.48. The summed E-state index contributed by atoms with van der Waals surface area (Å²) in [6.07, 6.45) is -9.38. The van der Waals surface area contributed by atoms with Crippen molar-refractivity contribution in [1.29, 1.82) is 0 Å². The maximum Gasteiger partial charge on any atom is 0.416 e. The van der Waals surface area contributed by atoms with Gasteiger partial charge in [-0.05, 0) is 36.6 Å². The van der Waals surface area contributed by atoms with E-state index in [1.165, 1.54) is 4.90 Å². The number of carbonyl (C=O) groups is 2. The summed E-state index contributed by atoms with van der Waals surface area (Å²) < 4.78 is 79.0. The Morgan fingerprint density at radius 1 is 0.917 bits per heavy atom. The molecule has 0 unspecified atom stereocenters. The Labute approximate surface area is 205 Å². The van der Waals surface area contributed by atoms with Crippen LogP contribution in [0.5, 0.6) is 0 Å². The van der Waals surface area contributed by atoms with Gasteiger partial charge in [-0.3, -0.25) is 4.79 Å². The SMILES string of the molecule is CC.O=C(c1cc(C(F)(F)F)cc(C(F)(F)F)c1)N1CCC2(CC1)CNC(=O)N2Cc1ccccc1. The zero-order chi connectivity index (χ0) is 26.7. The van der Waals surface area contributed by atoms with Gasteiger partial charge in [0.05, 0.1) is 16.7 Å². The molecule has 0 radical (unpaired) electrons. The van der Waals surface area contributed by atoms with Crippen LogP contribution < -0.4 is 5.32 Å². The Morgan fingerprint density at radius 2 is 1.44 bits per heavy atom. The third-order valence-electron chi connectivity index (χ3n) is 6.39. The molecule has 196 valence electrons. The largest absolute Gasteiger partial charge is 0.416 e. The zero-order valence-electron chi connectivity index (χ0n) is 19.8. The van der Waals surface area contributed by atoms with Gasteiger partial charge in [0, 0.05) is 31.7 Å². The number of likely N-dealkylation sites (tertiary alicyclic amines) is 1. The van der Waals surface area contributed by atoms with E-state index in [0.29, 0.717) is 38.1 Å². The smallest absolute Gasteiger partial charge is 0.338 e. The number of benzene rings is 2. The van der Waals surface area contributed by atoms with Crippen LogP contribution in [0.25, 0.3) is 0 Å². The molecule has 0 bridgehead atoms. The molecule has 0 saturated carbocycles. The van der Waals surface area contributed by atoms with Crippen LogP contribution in [0.2, 0.25) is 0 Å². The highest BCUT2D eigenvalue weighted by Crippen LogP contribution is 2.38. The fourth-order valence-electron chi connectivity index (χ4n) is 4.49. The highest BCUT2D eigenvalue weighted by molar-refractivity contribution is 5.95. The Morgan fingerprint density at radius 3 is 1.94 bits per heavy atom. The second-order valence-electron chi connectivity index (χ2n) is 8.54. The molecule has 11 heteroatoms. The summed E-state index contributed by atoms with van der Waals surface area (Å²) in [4.78, 5) is 28.3. The van der Waals surface area contributed by atoms with Crippen molar-refractivity contribution in [3.63, 3.8) is 0 Å². The number of alkyl halides is 6. The fourth-order valence-corrected chi connectivity index (χ4v) is 4.49. The summed E-state index contributed by atoms with van der Waals surface area (Å²) in [6.45, 7) is 4.89. The number of nitrogens with one attached hydrogen (secondary N) is 1. The van der Waals surface area contributed by atoms with E-state index in [-0.39, 0.29) is 25.2 Å². The molecule has 3 amide bonds. The van der Waals surface area contributed by atoms with Crippen molar-refractivity contribution in [2.45, 2.75) is 51.1 Å². The lowest BCUT2D eigenvalue weighted by molar-refractivity contribution is -0.143. The number of hydrogen-bond acceptors (Lipinski definition) is 2. The molecule has 2 heterocycles. The topological polar surface area (TPSA) is 52.7 Å². The molecule has 0 atom stereocenters. The van der Waals surface area contributed by atoms with Gasteiger partial charge in [-0.2, -0.15) is 26.3 Å². The number of urea groups is 1. The van der Waals surface area contributed by atoms with Crippen molar-refractivity contribution >= 4 is 11.9 Å². The minimum absolute atomic E-state index is 0.000749. The minimum Gasteiger partial charge on any atom is -0.338 e. The van der Waals surface area contributed by atoms with Gasteiger partial charge in [0.1, 0.15) is 0 Å². The van der Waals surface area contributed by atoms with Gasteiger partial charge in [0.25, 0.3) is 5.91 Å². The van der Waals surface area contributed by atoms with Crippen LogP contribution in [0, 0.1) is 0 Å². The van der Waals surface area contributed by atoms with Crippen molar-refractivity contribution in [2.24, 2.45) is 0 Å². The molecule has 2 fully saturated rings. The maximum atomic E-state index is 13.2. The predicted molar refractivity (Wildman–Crippen MR) is 121 cm³/mol. The van der Waals surface area contributed by atoms with E-state index < -0.39 is 40.5 Å². The molecule has 2 aliphatic rings. The van der Waals surface area contributed by atoms with E-state index in [4.69, 9.17) is 0 Å². The first-order valence-corrected chi connectivity index (χ1v) is 11.6. The van der Waals surface area contributed by atoms with Crippen LogP contribution in [0.3, 0.4) is 0 Å². The average molecular weight is 515 g/mol. The Kier molecular flexibility index (Phi) is 7.90. The van der Waals surface area contributed by atoms with E-state index in [2.05, 4.69) is 5.32 Å². The first-order valence-electron chi connectivity index (χ1n) is 11.6. The summed E-state index contributed by atoms with van der Waals surface area (Å²) in [5.41, 5.74) is -3.40. The lowest BCUT2D eigenvalue weighted by Crippen LogP contribution is -2.55. The van der Waals surface area contributed by atoms with Crippen molar-refractivity contribution < 1.29 is 35.9 Å². The molecule has 1 N–H and O–H groups in total. The summed E-state index contributed by atoms with van der Waals surface area (Å²) in [5, 5.41) is 2.81. The van der Waals surface area contributed by atoms with Crippen LogP contribution >= 0.6 is 0 Å². The van der Waals surface area contributed by atoms with Crippen molar-refractivity contribution in [2.75, 3.05) is 19.6 Å². The first kappa shape index (κ1) is 27.3. The van der Waals surface area contributed by atoms with Gasteiger partial charge in [-0.1, -0.05) is 44.2 Å². The van der Waals surface area contributed by atoms with Crippen LogP contribution in [0.1, 0.15) is 53.7 Å². The third-order valence-corrected chi connectivity index (χ3v) is 6.39. The number of carbonyl (C=O) groups excluding carboxylic acids is 2. The average Bonchev–Trinajstić information content (AvgIpc) is 3.14. The number of amides is 3. The molecule has 2 aliphatic heterocycles. The van der Waals surface area contributed by atoms with Crippen molar-refractivity contribution in [3.05, 3.63) is 70.8 Å². The fraction of sp³-hybridized carbons (Fsp3) is 0.440. The summed E-state index contributed by atoms with van der Waals surface area (Å²) in [5.74, 6) is -0.904. The molecule has 1 spiro atoms. The molecule has 2 saturated heterocycles. The molecular weight excluding hydrogens is 488 g/mol. The van der Waals surface area contributed by atoms with E-state index in [1.807, 2.05) is 44.2 Å². The molecule has 0 aromatic heterocycles. The predicted octanol–water partition coefficient (Wildman–Crippen LogP) is 5.95. The zero-order valence-corrected chi connectivity index (χ0v) is 19.8. The second-order valence-corrected chi connectivity index (χ2v) is 8.54. The van der Waals surface area contributed by atoms with E-state index in [1.54, 1.807) is 4.90 Å². The quantitative estimate of drug-likeness (QED) is 0.514. The van der Waals surface area contributed by atoms with E-state index in [0.717, 1.165) is 5.56 Å². The molecule has 5 nitrogen and oxygen atoms in total. The molecule has 2 aromatic carbocycles. The lowest BCUT2D eigenvalue weighted by Gasteiger charge is -2.43. The first-order chi connectivity index (χ1) is 16.9. The number of rotatable bonds is 3. The van der Waals surface area contributed by atoms with Gasteiger partial charge in [0.2, 0.25) is 0 Å². The van der Waals surface area contributed by atoms with Gasteiger partial charge >= 0.3 is 18.4 Å².